The fourth-order valence-electron chi connectivity index (χ4n) is 3.79. The number of esters is 1. The standard InChI is InChI=1S/C22H24ClNO6S/c1-4-7-29-18-10-19-15(9-17(18)23)20-13(11-31(19,27)28)8-16(22(26)30-12(2)3)21(25)24(20)14-5-6-14/h8-10,12,14H,4-7,11H2,1-3H3. The molecule has 0 radical (unpaired) electrons. The van der Waals surface area contributed by atoms with Crippen molar-refractivity contribution in [1.29, 1.82) is 0 Å². The fourth-order valence-corrected chi connectivity index (χ4v) is 5.57. The van der Waals surface area contributed by atoms with Crippen molar-refractivity contribution in [3.63, 3.8) is 0 Å². The summed E-state index contributed by atoms with van der Waals surface area (Å²) in [5, 5.41) is 0.272. The van der Waals surface area contributed by atoms with Crippen molar-refractivity contribution >= 4 is 27.4 Å². The molecule has 0 unspecified atom stereocenters. The molecule has 1 aromatic heterocycles. The lowest BCUT2D eigenvalue weighted by atomic mass is 10.0. The van der Waals surface area contributed by atoms with Crippen molar-refractivity contribution in [2.45, 2.75) is 62.8 Å². The number of sulfone groups is 1. The first-order chi connectivity index (χ1) is 14.6. The molecule has 1 aromatic carbocycles. The quantitative estimate of drug-likeness (QED) is 0.595. The zero-order valence-electron chi connectivity index (χ0n) is 17.6. The second-order valence-corrected chi connectivity index (χ2v) is 10.5. The SMILES string of the molecule is CCCOc1cc2c(cc1Cl)-c1c(cc(C(=O)OC(C)C)c(=O)n1C1CC1)CS2(=O)=O. The molecule has 2 aromatic rings. The molecule has 0 atom stereocenters. The van der Waals surface area contributed by atoms with Crippen molar-refractivity contribution in [3.05, 3.63) is 44.7 Å². The van der Waals surface area contributed by atoms with Gasteiger partial charge in [-0.05, 0) is 50.8 Å². The van der Waals surface area contributed by atoms with E-state index in [9.17, 15) is 18.0 Å². The number of hydrogen-bond donors (Lipinski definition) is 0. The van der Waals surface area contributed by atoms with Crippen LogP contribution in [0, 0.1) is 0 Å². The second-order valence-electron chi connectivity index (χ2n) is 8.18. The highest BCUT2D eigenvalue weighted by Crippen LogP contribution is 2.46. The number of carbonyl (C=O) groups is 1. The molecule has 2 heterocycles. The highest BCUT2D eigenvalue weighted by Gasteiger charge is 2.37. The molecule has 0 bridgehead atoms. The molecule has 1 saturated carbocycles. The molecular formula is C22H24ClNO6S. The Balaban J connectivity index is 1.97. The summed E-state index contributed by atoms with van der Waals surface area (Å²) in [6.45, 7) is 5.73. The monoisotopic (exact) mass is 465 g/mol. The number of fused-ring (bicyclic) bond motifs is 3. The molecule has 0 saturated heterocycles. The van der Waals surface area contributed by atoms with Gasteiger partial charge >= 0.3 is 5.97 Å². The van der Waals surface area contributed by atoms with E-state index in [4.69, 9.17) is 21.1 Å². The number of ether oxygens (including phenoxy) is 2. The summed E-state index contributed by atoms with van der Waals surface area (Å²) in [7, 11) is -3.73. The van der Waals surface area contributed by atoms with Crippen LogP contribution in [0.2, 0.25) is 5.02 Å². The van der Waals surface area contributed by atoms with Crippen LogP contribution in [0.3, 0.4) is 0 Å². The van der Waals surface area contributed by atoms with E-state index >= 15 is 0 Å². The number of carbonyl (C=O) groups excluding carboxylic acids is 1. The molecule has 1 aliphatic carbocycles. The topological polar surface area (TPSA) is 91.7 Å². The maximum atomic E-state index is 13.3. The first kappa shape index (κ1) is 21.9. The molecule has 166 valence electrons. The molecule has 0 N–H and O–H groups in total. The Bertz CT molecular complexity index is 1230. The number of nitrogens with zero attached hydrogens (tertiary/aromatic N) is 1. The van der Waals surface area contributed by atoms with Crippen molar-refractivity contribution in [3.8, 4) is 17.0 Å². The van der Waals surface area contributed by atoms with Gasteiger partial charge < -0.3 is 14.0 Å². The summed E-state index contributed by atoms with van der Waals surface area (Å²) < 4.78 is 38.6. The molecule has 0 spiro atoms. The molecule has 7 nitrogen and oxygen atoms in total. The minimum Gasteiger partial charge on any atom is -0.492 e. The van der Waals surface area contributed by atoms with E-state index in [2.05, 4.69) is 0 Å². The van der Waals surface area contributed by atoms with E-state index in [0.717, 1.165) is 19.3 Å². The third-order valence-electron chi connectivity index (χ3n) is 5.22. The molecule has 4 rings (SSSR count). The highest BCUT2D eigenvalue weighted by atomic mass is 35.5. The van der Waals surface area contributed by atoms with Crippen LogP contribution in [0.1, 0.15) is 62.0 Å². The molecule has 1 fully saturated rings. The van der Waals surface area contributed by atoms with Gasteiger partial charge in [0.25, 0.3) is 5.56 Å². The zero-order valence-corrected chi connectivity index (χ0v) is 19.2. The van der Waals surface area contributed by atoms with Gasteiger partial charge in [0.05, 0.1) is 34.1 Å². The van der Waals surface area contributed by atoms with Gasteiger partial charge in [-0.2, -0.15) is 0 Å². The Hall–Kier alpha value is -2.32. The second kappa shape index (κ2) is 7.98. The third kappa shape index (κ3) is 3.99. The van der Waals surface area contributed by atoms with Gasteiger partial charge in [-0.25, -0.2) is 13.2 Å². The summed E-state index contributed by atoms with van der Waals surface area (Å²) in [6, 6.07) is 4.25. The number of aromatic nitrogens is 1. The summed E-state index contributed by atoms with van der Waals surface area (Å²) in [5.74, 6) is -0.771. The van der Waals surface area contributed by atoms with E-state index in [1.165, 1.54) is 12.1 Å². The lowest BCUT2D eigenvalue weighted by Gasteiger charge is -2.26. The lowest BCUT2D eigenvalue weighted by molar-refractivity contribution is 0.0375. The average Bonchev–Trinajstić information content (AvgIpc) is 3.51. The Morgan fingerprint density at radius 2 is 1.97 bits per heavy atom. The van der Waals surface area contributed by atoms with Crippen LogP contribution in [0.15, 0.2) is 27.9 Å². The summed E-state index contributed by atoms with van der Waals surface area (Å²) >= 11 is 6.40. The van der Waals surface area contributed by atoms with Gasteiger partial charge in [-0.3, -0.25) is 4.79 Å². The van der Waals surface area contributed by atoms with Crippen LogP contribution in [-0.2, 0) is 20.3 Å². The van der Waals surface area contributed by atoms with Gasteiger partial charge in [-0.15, -0.1) is 0 Å². The largest absolute Gasteiger partial charge is 0.492 e. The Labute approximate surface area is 185 Å². The Kier molecular flexibility index (Phi) is 5.64. The van der Waals surface area contributed by atoms with Crippen LogP contribution in [0.5, 0.6) is 5.75 Å². The van der Waals surface area contributed by atoms with Crippen molar-refractivity contribution < 1.29 is 22.7 Å². The Morgan fingerprint density at radius 3 is 2.58 bits per heavy atom. The number of halogens is 1. The van der Waals surface area contributed by atoms with Gasteiger partial charge in [0, 0.05) is 17.7 Å². The van der Waals surface area contributed by atoms with Crippen molar-refractivity contribution in [1.82, 2.24) is 4.57 Å². The predicted molar refractivity (Wildman–Crippen MR) is 117 cm³/mol. The van der Waals surface area contributed by atoms with E-state index in [0.29, 0.717) is 29.2 Å². The maximum absolute atomic E-state index is 13.3. The number of benzene rings is 1. The zero-order chi connectivity index (χ0) is 22.5. The Morgan fingerprint density at radius 1 is 1.26 bits per heavy atom. The number of pyridine rings is 1. The first-order valence-corrected chi connectivity index (χ1v) is 12.4. The van der Waals surface area contributed by atoms with Gasteiger partial charge in [0.1, 0.15) is 11.3 Å². The molecule has 31 heavy (non-hydrogen) atoms. The molecular weight excluding hydrogens is 442 g/mol. The highest BCUT2D eigenvalue weighted by molar-refractivity contribution is 7.90. The summed E-state index contributed by atoms with van der Waals surface area (Å²) in [5.41, 5.74) is 0.643. The lowest BCUT2D eigenvalue weighted by Crippen LogP contribution is -2.32. The normalized spacial score (nSPS) is 16.5. The fraction of sp³-hybridized carbons (Fsp3) is 0.455. The van der Waals surface area contributed by atoms with Gasteiger partial charge in [0.15, 0.2) is 9.84 Å². The first-order valence-electron chi connectivity index (χ1n) is 10.3. The van der Waals surface area contributed by atoms with Crippen LogP contribution >= 0.6 is 11.6 Å². The molecule has 9 heteroatoms. The van der Waals surface area contributed by atoms with Gasteiger partial charge in [-0.1, -0.05) is 18.5 Å². The number of hydrogen-bond acceptors (Lipinski definition) is 6. The van der Waals surface area contributed by atoms with Crippen LogP contribution in [0.4, 0.5) is 0 Å². The minimum absolute atomic E-state index is 0.0850. The maximum Gasteiger partial charge on any atom is 0.344 e. The van der Waals surface area contributed by atoms with E-state index < -0.39 is 27.5 Å². The van der Waals surface area contributed by atoms with Gasteiger partial charge in [0.2, 0.25) is 0 Å². The van der Waals surface area contributed by atoms with Crippen LogP contribution in [-0.4, -0.2) is 31.7 Å². The summed E-state index contributed by atoms with van der Waals surface area (Å²) in [4.78, 5) is 25.9. The van der Waals surface area contributed by atoms with Crippen LogP contribution < -0.4 is 10.3 Å². The predicted octanol–water partition coefficient (Wildman–Crippen LogP) is 4.14. The van der Waals surface area contributed by atoms with E-state index in [-0.39, 0.29) is 27.3 Å². The summed E-state index contributed by atoms with van der Waals surface area (Å²) in [6.07, 6.45) is 1.91. The minimum atomic E-state index is -3.73. The van der Waals surface area contributed by atoms with Crippen molar-refractivity contribution in [2.75, 3.05) is 6.61 Å². The molecule has 2 aliphatic rings. The van der Waals surface area contributed by atoms with Crippen molar-refractivity contribution in [2.24, 2.45) is 0 Å². The van der Waals surface area contributed by atoms with Crippen LogP contribution in [0.25, 0.3) is 11.3 Å². The average molecular weight is 466 g/mol. The van der Waals surface area contributed by atoms with E-state index in [1.54, 1.807) is 24.5 Å². The third-order valence-corrected chi connectivity index (χ3v) is 7.21. The molecule has 0 amide bonds. The number of rotatable bonds is 6. The molecule has 1 aliphatic heterocycles. The smallest absolute Gasteiger partial charge is 0.344 e. The van der Waals surface area contributed by atoms with E-state index in [1.807, 2.05) is 6.92 Å².